The van der Waals surface area contributed by atoms with Crippen LogP contribution in [0.4, 0.5) is 0 Å². The van der Waals surface area contributed by atoms with Crippen molar-refractivity contribution in [1.29, 1.82) is 0 Å². The summed E-state index contributed by atoms with van der Waals surface area (Å²) in [6.45, 7) is 7.58. The van der Waals surface area contributed by atoms with Gasteiger partial charge in [-0.3, -0.25) is 4.79 Å². The summed E-state index contributed by atoms with van der Waals surface area (Å²) in [4.78, 5) is 14.8. The number of nitrogens with two attached hydrogens (primary N) is 1. The monoisotopic (exact) mass is 252 g/mol. The summed E-state index contributed by atoms with van der Waals surface area (Å²) >= 11 is 0. The van der Waals surface area contributed by atoms with E-state index in [1.54, 1.807) is 0 Å². The highest BCUT2D eigenvalue weighted by Gasteiger charge is 2.39. The van der Waals surface area contributed by atoms with E-state index < -0.39 is 0 Å². The van der Waals surface area contributed by atoms with Crippen LogP contribution in [0.2, 0.25) is 0 Å². The van der Waals surface area contributed by atoms with Gasteiger partial charge >= 0.3 is 0 Å². The van der Waals surface area contributed by atoms with Crippen molar-refractivity contribution in [3.8, 4) is 0 Å². The molecule has 1 aliphatic heterocycles. The van der Waals surface area contributed by atoms with E-state index in [2.05, 4.69) is 25.7 Å². The highest BCUT2D eigenvalue weighted by Crippen LogP contribution is 2.32. The molecule has 1 saturated heterocycles. The molecule has 1 saturated carbocycles. The van der Waals surface area contributed by atoms with E-state index in [9.17, 15) is 4.79 Å². The predicted octanol–water partition coefficient (Wildman–Crippen LogP) is 2.40. The zero-order chi connectivity index (χ0) is 13.3. The Morgan fingerprint density at radius 1 is 1.22 bits per heavy atom. The zero-order valence-corrected chi connectivity index (χ0v) is 12.1. The molecule has 0 radical (unpaired) electrons. The molecule has 0 aromatic rings. The topological polar surface area (TPSA) is 46.3 Å². The van der Waals surface area contributed by atoms with Gasteiger partial charge in [-0.25, -0.2) is 0 Å². The fourth-order valence-corrected chi connectivity index (χ4v) is 3.70. The van der Waals surface area contributed by atoms with Crippen LogP contribution in [-0.4, -0.2) is 29.4 Å². The van der Waals surface area contributed by atoms with Gasteiger partial charge in [0.15, 0.2) is 0 Å². The summed E-state index contributed by atoms with van der Waals surface area (Å²) in [5.41, 5.74) is 6.27. The fourth-order valence-electron chi connectivity index (χ4n) is 3.70. The third kappa shape index (κ3) is 2.56. The molecule has 4 unspecified atom stereocenters. The van der Waals surface area contributed by atoms with Crippen molar-refractivity contribution in [3.63, 3.8) is 0 Å². The van der Waals surface area contributed by atoms with Crippen LogP contribution >= 0.6 is 0 Å². The summed E-state index contributed by atoms with van der Waals surface area (Å²) in [7, 11) is 0. The Labute approximate surface area is 111 Å². The highest BCUT2D eigenvalue weighted by molar-refractivity contribution is 5.80. The standard InChI is InChI=1S/C15H28N2O/c1-10(2)13-8-5-9-17(13)15(18)12-7-4-6-11(3)14(12)16/h10-14H,4-9,16H2,1-3H3. The van der Waals surface area contributed by atoms with E-state index >= 15 is 0 Å². The molecular formula is C15H28N2O. The molecule has 18 heavy (non-hydrogen) atoms. The number of likely N-dealkylation sites (tertiary alicyclic amines) is 1. The lowest BCUT2D eigenvalue weighted by Gasteiger charge is -2.37. The van der Waals surface area contributed by atoms with Crippen LogP contribution in [0.15, 0.2) is 0 Å². The maximum absolute atomic E-state index is 12.7. The van der Waals surface area contributed by atoms with Crippen molar-refractivity contribution >= 4 is 5.91 Å². The lowest BCUT2D eigenvalue weighted by atomic mass is 9.77. The minimum atomic E-state index is 0.0691. The summed E-state index contributed by atoms with van der Waals surface area (Å²) in [5.74, 6) is 1.47. The Bertz CT molecular complexity index is 299. The van der Waals surface area contributed by atoms with Crippen LogP contribution in [0.3, 0.4) is 0 Å². The third-order valence-corrected chi connectivity index (χ3v) is 4.97. The average molecular weight is 252 g/mol. The molecule has 1 aliphatic carbocycles. The van der Waals surface area contributed by atoms with Crippen LogP contribution in [0.5, 0.6) is 0 Å². The molecule has 104 valence electrons. The summed E-state index contributed by atoms with van der Waals surface area (Å²) in [6.07, 6.45) is 5.66. The average Bonchev–Trinajstić information content (AvgIpc) is 2.81. The number of hydrogen-bond acceptors (Lipinski definition) is 2. The van der Waals surface area contributed by atoms with Crippen LogP contribution in [0, 0.1) is 17.8 Å². The number of nitrogens with zero attached hydrogens (tertiary/aromatic N) is 1. The minimum Gasteiger partial charge on any atom is -0.339 e. The van der Waals surface area contributed by atoms with Gasteiger partial charge in [0.1, 0.15) is 0 Å². The maximum Gasteiger partial charge on any atom is 0.227 e. The number of hydrogen-bond donors (Lipinski definition) is 1. The van der Waals surface area contributed by atoms with Gasteiger partial charge in [0, 0.05) is 18.6 Å². The molecule has 0 spiro atoms. The second-order valence-corrected chi connectivity index (χ2v) is 6.58. The van der Waals surface area contributed by atoms with Crippen LogP contribution in [0.1, 0.15) is 52.9 Å². The van der Waals surface area contributed by atoms with Gasteiger partial charge in [0.2, 0.25) is 5.91 Å². The minimum absolute atomic E-state index is 0.0691. The van der Waals surface area contributed by atoms with Gasteiger partial charge < -0.3 is 10.6 Å². The van der Waals surface area contributed by atoms with Crippen molar-refractivity contribution in [2.24, 2.45) is 23.5 Å². The van der Waals surface area contributed by atoms with Crippen molar-refractivity contribution in [1.82, 2.24) is 4.90 Å². The second-order valence-electron chi connectivity index (χ2n) is 6.58. The Hall–Kier alpha value is -0.570. The Morgan fingerprint density at radius 2 is 1.94 bits per heavy atom. The molecule has 2 fully saturated rings. The normalized spacial score (nSPS) is 37.3. The second kappa shape index (κ2) is 5.60. The first-order valence-corrected chi connectivity index (χ1v) is 7.58. The van der Waals surface area contributed by atoms with E-state index in [1.807, 2.05) is 0 Å². The molecule has 1 amide bonds. The third-order valence-electron chi connectivity index (χ3n) is 4.97. The molecule has 2 rings (SSSR count). The zero-order valence-electron chi connectivity index (χ0n) is 12.1. The molecule has 1 heterocycles. The quantitative estimate of drug-likeness (QED) is 0.820. The molecule has 0 bridgehead atoms. The first-order chi connectivity index (χ1) is 8.52. The van der Waals surface area contributed by atoms with Gasteiger partial charge in [0.25, 0.3) is 0 Å². The molecule has 0 aromatic carbocycles. The molecule has 2 aliphatic rings. The van der Waals surface area contributed by atoms with Gasteiger partial charge in [0.05, 0.1) is 5.92 Å². The molecule has 2 N–H and O–H groups in total. The molecule has 4 atom stereocenters. The fraction of sp³-hybridized carbons (Fsp3) is 0.933. The largest absolute Gasteiger partial charge is 0.339 e. The van der Waals surface area contributed by atoms with Crippen LogP contribution < -0.4 is 5.73 Å². The molecule has 0 aromatic heterocycles. The first kappa shape index (κ1) is 13.9. The first-order valence-electron chi connectivity index (χ1n) is 7.58. The van der Waals surface area contributed by atoms with Crippen LogP contribution in [0.25, 0.3) is 0 Å². The van der Waals surface area contributed by atoms with E-state index in [-0.39, 0.29) is 12.0 Å². The van der Waals surface area contributed by atoms with Gasteiger partial charge in [-0.2, -0.15) is 0 Å². The highest BCUT2D eigenvalue weighted by atomic mass is 16.2. The summed E-state index contributed by atoms with van der Waals surface area (Å²) in [5, 5.41) is 0. The van der Waals surface area contributed by atoms with Crippen LogP contribution in [-0.2, 0) is 4.79 Å². The lowest BCUT2D eigenvalue weighted by molar-refractivity contribution is -0.139. The number of carbonyl (C=O) groups excluding carboxylic acids is 1. The summed E-state index contributed by atoms with van der Waals surface area (Å²) in [6, 6.07) is 0.515. The van der Waals surface area contributed by atoms with Crippen molar-refractivity contribution in [3.05, 3.63) is 0 Å². The van der Waals surface area contributed by atoms with Gasteiger partial charge in [-0.1, -0.05) is 27.2 Å². The number of amides is 1. The van der Waals surface area contributed by atoms with E-state index in [0.717, 1.165) is 25.8 Å². The SMILES string of the molecule is CC(C)C1CCCN1C(=O)C1CCCC(C)C1N. The van der Waals surface area contributed by atoms with Crippen molar-refractivity contribution in [2.75, 3.05) is 6.54 Å². The molecule has 3 heteroatoms. The maximum atomic E-state index is 12.7. The Kier molecular flexibility index (Phi) is 4.31. The predicted molar refractivity (Wildman–Crippen MR) is 74.1 cm³/mol. The van der Waals surface area contributed by atoms with E-state index in [0.29, 0.717) is 23.8 Å². The van der Waals surface area contributed by atoms with E-state index in [4.69, 9.17) is 5.73 Å². The summed E-state index contributed by atoms with van der Waals surface area (Å²) < 4.78 is 0. The lowest BCUT2D eigenvalue weighted by Crippen LogP contribution is -2.50. The van der Waals surface area contributed by atoms with Gasteiger partial charge in [-0.05, 0) is 37.5 Å². The van der Waals surface area contributed by atoms with Crippen molar-refractivity contribution < 1.29 is 4.79 Å². The molecular weight excluding hydrogens is 224 g/mol. The Morgan fingerprint density at radius 3 is 2.61 bits per heavy atom. The smallest absolute Gasteiger partial charge is 0.227 e. The number of rotatable bonds is 2. The van der Waals surface area contributed by atoms with E-state index in [1.165, 1.54) is 12.8 Å². The molecule has 3 nitrogen and oxygen atoms in total. The Balaban J connectivity index is 2.06. The van der Waals surface area contributed by atoms with Crippen molar-refractivity contribution in [2.45, 2.75) is 65.0 Å². The van der Waals surface area contributed by atoms with Gasteiger partial charge in [-0.15, -0.1) is 0 Å². The number of carbonyl (C=O) groups is 1.